The Bertz CT molecular complexity index is 1310. The molecule has 0 N–H and O–H groups in total. The lowest BCUT2D eigenvalue weighted by Gasteiger charge is -2.35. The number of imidazole rings is 1. The second kappa shape index (κ2) is 11.6. The number of fused-ring (bicyclic) bond motifs is 1. The van der Waals surface area contributed by atoms with Gasteiger partial charge in [0.2, 0.25) is 5.91 Å². The molecule has 38 heavy (non-hydrogen) atoms. The first kappa shape index (κ1) is 26.3. The number of carbonyl (C=O) groups excluding carboxylic acids is 1. The molecule has 2 aliphatic rings. The zero-order chi connectivity index (χ0) is 26.6. The zero-order valence-electron chi connectivity index (χ0n) is 21.8. The van der Waals surface area contributed by atoms with E-state index in [1.807, 2.05) is 23.2 Å². The first-order valence-corrected chi connectivity index (χ1v) is 13.4. The lowest BCUT2D eigenvalue weighted by Crippen LogP contribution is -2.50. The van der Waals surface area contributed by atoms with E-state index in [0.717, 1.165) is 42.2 Å². The molecule has 1 aromatic heterocycles. The zero-order valence-corrected chi connectivity index (χ0v) is 22.6. The monoisotopic (exact) mass is 536 g/mol. The van der Waals surface area contributed by atoms with Crippen molar-refractivity contribution in [3.8, 4) is 0 Å². The summed E-state index contributed by atoms with van der Waals surface area (Å²) in [4.78, 5) is 21.8. The van der Waals surface area contributed by atoms with Crippen molar-refractivity contribution in [2.45, 2.75) is 44.9 Å². The molecule has 7 nitrogen and oxygen atoms in total. The van der Waals surface area contributed by atoms with E-state index in [1.54, 1.807) is 12.1 Å². The number of thiocarbonyl (C=S) groups is 1. The quantitative estimate of drug-likeness (QED) is 0.412. The van der Waals surface area contributed by atoms with Crippen molar-refractivity contribution in [3.63, 3.8) is 0 Å². The fraction of sp³-hybridized carbons (Fsp3) is 0.414. The summed E-state index contributed by atoms with van der Waals surface area (Å²) in [6.07, 6.45) is 3.71. The third-order valence-electron chi connectivity index (χ3n) is 7.38. The van der Waals surface area contributed by atoms with E-state index in [0.29, 0.717) is 32.5 Å². The van der Waals surface area contributed by atoms with Crippen LogP contribution in [0.2, 0.25) is 0 Å². The molecule has 2 aromatic carbocycles. The number of ether oxygens (including phenoxy) is 2. The van der Waals surface area contributed by atoms with E-state index in [9.17, 15) is 9.18 Å². The Morgan fingerprint density at radius 1 is 1.16 bits per heavy atom. The van der Waals surface area contributed by atoms with Crippen LogP contribution in [-0.2, 0) is 27.2 Å². The van der Waals surface area contributed by atoms with E-state index < -0.39 is 0 Å². The molecule has 200 valence electrons. The van der Waals surface area contributed by atoms with E-state index in [4.69, 9.17) is 26.7 Å². The van der Waals surface area contributed by atoms with Gasteiger partial charge in [-0.2, -0.15) is 0 Å². The van der Waals surface area contributed by atoms with Crippen LogP contribution in [0.1, 0.15) is 53.2 Å². The maximum Gasteiger partial charge on any atom is 0.352 e. The van der Waals surface area contributed by atoms with Crippen molar-refractivity contribution >= 4 is 23.4 Å². The first-order chi connectivity index (χ1) is 18.4. The molecule has 0 aliphatic carbocycles. The molecule has 3 heterocycles. The number of methoxy groups -OCH3 is 1. The van der Waals surface area contributed by atoms with E-state index in [2.05, 4.69) is 34.6 Å². The van der Waals surface area contributed by atoms with Gasteiger partial charge in [0, 0.05) is 56.7 Å². The van der Waals surface area contributed by atoms with Crippen molar-refractivity contribution in [2.24, 2.45) is 0 Å². The number of hydrogen-bond acceptors (Lipinski definition) is 6. The summed E-state index contributed by atoms with van der Waals surface area (Å²) in [6, 6.07) is 15.0. The van der Waals surface area contributed by atoms with Crippen molar-refractivity contribution in [1.29, 1.82) is 0 Å². The van der Waals surface area contributed by atoms with Crippen molar-refractivity contribution in [1.82, 2.24) is 19.4 Å². The van der Waals surface area contributed by atoms with Crippen LogP contribution in [0.4, 0.5) is 4.39 Å². The molecule has 2 aliphatic heterocycles. The number of aryl methyl sites for hydroxylation is 1. The molecule has 1 fully saturated rings. The van der Waals surface area contributed by atoms with Gasteiger partial charge < -0.3 is 18.9 Å². The molecule has 1 saturated heterocycles. The Labute approximate surface area is 228 Å². The van der Waals surface area contributed by atoms with Crippen LogP contribution < -0.4 is 0 Å². The van der Waals surface area contributed by atoms with Gasteiger partial charge in [-0.1, -0.05) is 42.0 Å². The molecule has 9 heteroatoms. The minimum Gasteiger partial charge on any atom is -0.460 e. The molecule has 2 atom stereocenters. The number of aromatic nitrogens is 2. The number of carbonyl (C=O) groups is 1. The summed E-state index contributed by atoms with van der Waals surface area (Å²) in [7, 11) is 1.49. The SMILES string of the molecule is COC(=S)OC1CCC(c2cccc(F)c2)n2c(CCN3CCN(Cc4cccc(C)c4)C(=O)C3)cnc21. The van der Waals surface area contributed by atoms with E-state index >= 15 is 0 Å². The largest absolute Gasteiger partial charge is 0.460 e. The average Bonchev–Trinajstić information content (AvgIpc) is 3.33. The fourth-order valence-electron chi connectivity index (χ4n) is 5.49. The van der Waals surface area contributed by atoms with Crippen molar-refractivity contribution in [3.05, 3.63) is 88.8 Å². The molecule has 0 bridgehead atoms. The number of hydrogen-bond donors (Lipinski definition) is 0. The summed E-state index contributed by atoms with van der Waals surface area (Å²) in [6.45, 7) is 5.36. The smallest absolute Gasteiger partial charge is 0.352 e. The second-order valence-electron chi connectivity index (χ2n) is 10.0. The summed E-state index contributed by atoms with van der Waals surface area (Å²) < 4.78 is 27.2. The maximum absolute atomic E-state index is 14.1. The predicted octanol–water partition coefficient (Wildman–Crippen LogP) is 4.59. The van der Waals surface area contributed by atoms with Crippen LogP contribution in [-0.4, -0.2) is 63.8 Å². The standard InChI is InChI=1S/C29H33FN4O3S/c1-20-5-3-6-21(15-20)18-33-14-13-32(19-27(33)35)12-11-24-17-31-28-26(37-29(38)36-2)10-9-25(34(24)28)22-7-4-8-23(30)16-22/h3-8,15-17,25-26H,9-14,18-19H2,1-2H3. The van der Waals surface area contributed by atoms with Crippen LogP contribution in [0, 0.1) is 12.7 Å². The number of nitrogens with zero attached hydrogens (tertiary/aromatic N) is 4. The van der Waals surface area contributed by atoms with Gasteiger partial charge in [-0.05, 0) is 43.0 Å². The highest BCUT2D eigenvalue weighted by Gasteiger charge is 2.33. The van der Waals surface area contributed by atoms with Crippen LogP contribution >= 0.6 is 12.2 Å². The number of rotatable bonds is 7. The fourth-order valence-corrected chi connectivity index (χ4v) is 5.60. The van der Waals surface area contributed by atoms with Crippen LogP contribution in [0.25, 0.3) is 0 Å². The average molecular weight is 537 g/mol. The van der Waals surface area contributed by atoms with Gasteiger partial charge >= 0.3 is 5.24 Å². The van der Waals surface area contributed by atoms with Crippen molar-refractivity contribution in [2.75, 3.05) is 33.3 Å². The topological polar surface area (TPSA) is 59.8 Å². The Hall–Kier alpha value is -3.30. The maximum atomic E-state index is 14.1. The van der Waals surface area contributed by atoms with Crippen LogP contribution in [0.3, 0.4) is 0 Å². The Kier molecular flexibility index (Phi) is 8.04. The van der Waals surface area contributed by atoms with Crippen LogP contribution in [0.15, 0.2) is 54.7 Å². The van der Waals surface area contributed by atoms with Gasteiger partial charge in [-0.15, -0.1) is 0 Å². The molecule has 2 unspecified atom stereocenters. The highest BCUT2D eigenvalue weighted by atomic mass is 32.1. The Balaban J connectivity index is 1.29. The third-order valence-corrected chi connectivity index (χ3v) is 7.64. The normalized spacial score (nSPS) is 19.8. The number of benzene rings is 2. The van der Waals surface area contributed by atoms with Gasteiger partial charge in [0.15, 0.2) is 11.9 Å². The molecule has 0 radical (unpaired) electrons. The molecule has 3 aromatic rings. The van der Waals surface area contributed by atoms with Gasteiger partial charge in [0.05, 0.1) is 19.7 Å². The highest BCUT2D eigenvalue weighted by Crippen LogP contribution is 2.39. The lowest BCUT2D eigenvalue weighted by molar-refractivity contribution is -0.136. The highest BCUT2D eigenvalue weighted by molar-refractivity contribution is 7.79. The summed E-state index contributed by atoms with van der Waals surface area (Å²) >= 11 is 5.14. The number of halogens is 1. The molecule has 1 amide bonds. The van der Waals surface area contributed by atoms with Gasteiger partial charge in [0.25, 0.3) is 0 Å². The number of piperazine rings is 1. The minimum absolute atomic E-state index is 0.0537. The van der Waals surface area contributed by atoms with Gasteiger partial charge in [-0.3, -0.25) is 9.69 Å². The first-order valence-electron chi connectivity index (χ1n) is 13.0. The van der Waals surface area contributed by atoms with Gasteiger partial charge in [0.1, 0.15) is 5.82 Å². The molecular formula is C29H33FN4O3S. The molecular weight excluding hydrogens is 503 g/mol. The molecule has 5 rings (SSSR count). The summed E-state index contributed by atoms with van der Waals surface area (Å²) in [5, 5.41) is 0.0809. The lowest BCUT2D eigenvalue weighted by atomic mass is 9.95. The Morgan fingerprint density at radius 2 is 2.00 bits per heavy atom. The Morgan fingerprint density at radius 3 is 2.76 bits per heavy atom. The van der Waals surface area contributed by atoms with Gasteiger partial charge in [-0.25, -0.2) is 9.37 Å². The third kappa shape index (κ3) is 5.89. The van der Waals surface area contributed by atoms with E-state index in [-0.39, 0.29) is 29.1 Å². The summed E-state index contributed by atoms with van der Waals surface area (Å²) in [5.41, 5.74) is 4.29. The number of amides is 1. The van der Waals surface area contributed by atoms with Crippen LogP contribution in [0.5, 0.6) is 0 Å². The molecule has 0 saturated carbocycles. The minimum atomic E-state index is -0.326. The van der Waals surface area contributed by atoms with E-state index in [1.165, 1.54) is 18.7 Å². The predicted molar refractivity (Wildman–Crippen MR) is 146 cm³/mol. The summed E-state index contributed by atoms with van der Waals surface area (Å²) in [5.74, 6) is 0.651. The molecule has 0 spiro atoms. The van der Waals surface area contributed by atoms with Crippen molar-refractivity contribution < 1.29 is 18.7 Å². The second-order valence-corrected chi connectivity index (χ2v) is 10.4.